The summed E-state index contributed by atoms with van der Waals surface area (Å²) in [6, 6.07) is 7.57. The van der Waals surface area contributed by atoms with Crippen molar-refractivity contribution in [3.05, 3.63) is 28.7 Å². The van der Waals surface area contributed by atoms with E-state index in [0.717, 1.165) is 49.2 Å². The van der Waals surface area contributed by atoms with Gasteiger partial charge < -0.3 is 15.4 Å². The van der Waals surface area contributed by atoms with E-state index in [-0.39, 0.29) is 5.91 Å². The summed E-state index contributed by atoms with van der Waals surface area (Å²) in [5.41, 5.74) is 0.794. The quantitative estimate of drug-likeness (QED) is 0.642. The second kappa shape index (κ2) is 10.8. The molecule has 0 heterocycles. The van der Waals surface area contributed by atoms with Crippen LogP contribution in [-0.4, -0.2) is 32.2 Å². The Morgan fingerprint density at radius 1 is 1.25 bits per heavy atom. The van der Waals surface area contributed by atoms with Crippen LogP contribution >= 0.6 is 15.9 Å². The summed E-state index contributed by atoms with van der Waals surface area (Å²) < 4.78 is 6.33. The molecule has 112 valence electrons. The lowest BCUT2D eigenvalue weighted by atomic mass is 10.3. The molecule has 0 aliphatic carbocycles. The van der Waals surface area contributed by atoms with Crippen LogP contribution in [0.25, 0.3) is 0 Å². The zero-order valence-corrected chi connectivity index (χ0v) is 13.5. The lowest BCUT2D eigenvalue weighted by Gasteiger charge is -2.08. The molecule has 1 aromatic carbocycles. The number of amides is 1. The summed E-state index contributed by atoms with van der Waals surface area (Å²) in [5.74, 6) is -0.0381. The highest BCUT2D eigenvalue weighted by atomic mass is 79.9. The fourth-order valence-corrected chi connectivity index (χ4v) is 1.99. The Hall–Kier alpha value is -0.910. The molecule has 4 nitrogen and oxygen atoms in total. The zero-order valence-electron chi connectivity index (χ0n) is 12.0. The van der Waals surface area contributed by atoms with Crippen LogP contribution in [0.4, 0.5) is 5.69 Å². The predicted molar refractivity (Wildman–Crippen MR) is 86.0 cm³/mol. The van der Waals surface area contributed by atoms with Crippen LogP contribution in [0, 0.1) is 0 Å². The van der Waals surface area contributed by atoms with Gasteiger partial charge in [-0.25, -0.2) is 0 Å². The Morgan fingerprint density at radius 2 is 2.00 bits per heavy atom. The largest absolute Gasteiger partial charge is 0.381 e. The molecule has 0 radical (unpaired) electrons. The minimum absolute atomic E-state index is 0.0381. The molecule has 0 unspecified atom stereocenters. The third kappa shape index (κ3) is 7.62. The maximum absolute atomic E-state index is 11.7. The Morgan fingerprint density at radius 3 is 2.75 bits per heavy atom. The second-order valence-corrected chi connectivity index (χ2v) is 5.38. The molecule has 0 aliphatic rings. The van der Waals surface area contributed by atoms with Gasteiger partial charge in [-0.05, 0) is 47.4 Å². The normalized spacial score (nSPS) is 10.5. The van der Waals surface area contributed by atoms with Crippen molar-refractivity contribution in [3.8, 4) is 0 Å². The summed E-state index contributed by atoms with van der Waals surface area (Å²) in [5, 5.41) is 5.96. The predicted octanol–water partition coefficient (Wildman–Crippen LogP) is 3.18. The molecule has 2 N–H and O–H groups in total. The van der Waals surface area contributed by atoms with Crippen LogP contribution in [0.1, 0.15) is 26.2 Å². The Labute approximate surface area is 129 Å². The summed E-state index contributed by atoms with van der Waals surface area (Å²) >= 11 is 3.40. The Bertz CT molecular complexity index is 399. The number of unbranched alkanes of at least 4 members (excludes halogenated alkanes) is 1. The number of carbonyl (C=O) groups excluding carboxylic acids is 1. The van der Waals surface area contributed by atoms with Gasteiger partial charge in [0.1, 0.15) is 0 Å². The van der Waals surface area contributed by atoms with Gasteiger partial charge in [-0.2, -0.15) is 0 Å². The van der Waals surface area contributed by atoms with Crippen molar-refractivity contribution in [2.45, 2.75) is 26.2 Å². The number of rotatable bonds is 10. The highest BCUT2D eigenvalue weighted by molar-refractivity contribution is 9.10. The molecule has 0 spiro atoms. The van der Waals surface area contributed by atoms with Crippen molar-refractivity contribution in [2.24, 2.45) is 0 Å². The van der Waals surface area contributed by atoms with E-state index in [1.54, 1.807) is 0 Å². The molecule has 0 bridgehead atoms. The van der Waals surface area contributed by atoms with Crippen LogP contribution in [0.15, 0.2) is 28.7 Å². The van der Waals surface area contributed by atoms with E-state index in [4.69, 9.17) is 4.74 Å². The highest BCUT2D eigenvalue weighted by Crippen LogP contribution is 2.20. The molecule has 0 aliphatic heterocycles. The van der Waals surface area contributed by atoms with Gasteiger partial charge in [-0.15, -0.1) is 0 Å². The molecule has 1 amide bonds. The van der Waals surface area contributed by atoms with Crippen molar-refractivity contribution in [2.75, 3.05) is 31.6 Å². The number of nitrogens with one attached hydrogen (secondary N) is 2. The molecule has 1 aromatic rings. The topological polar surface area (TPSA) is 50.4 Å². The molecule has 0 saturated heterocycles. The van der Waals surface area contributed by atoms with E-state index < -0.39 is 0 Å². The van der Waals surface area contributed by atoms with E-state index in [2.05, 4.69) is 33.5 Å². The second-order valence-electron chi connectivity index (χ2n) is 4.52. The molecule has 0 fully saturated rings. The van der Waals surface area contributed by atoms with Gasteiger partial charge in [-0.3, -0.25) is 4.79 Å². The summed E-state index contributed by atoms with van der Waals surface area (Å²) in [6.45, 7) is 4.83. The van der Waals surface area contributed by atoms with E-state index in [9.17, 15) is 4.79 Å². The lowest BCUT2D eigenvalue weighted by molar-refractivity contribution is -0.115. The first-order valence-electron chi connectivity index (χ1n) is 7.07. The smallest absolute Gasteiger partial charge is 0.238 e. The molecule has 5 heteroatoms. The Kier molecular flexibility index (Phi) is 9.28. The van der Waals surface area contributed by atoms with Crippen LogP contribution < -0.4 is 10.6 Å². The molecule has 0 aromatic heterocycles. The third-order valence-electron chi connectivity index (χ3n) is 2.72. The molecular formula is C15H23BrN2O2. The average molecular weight is 343 g/mol. The number of anilines is 1. The van der Waals surface area contributed by atoms with Gasteiger partial charge in [0.25, 0.3) is 0 Å². The first-order chi connectivity index (χ1) is 9.74. The third-order valence-corrected chi connectivity index (χ3v) is 3.41. The van der Waals surface area contributed by atoms with Crippen molar-refractivity contribution in [1.29, 1.82) is 0 Å². The van der Waals surface area contributed by atoms with Gasteiger partial charge in [0.2, 0.25) is 5.91 Å². The first-order valence-corrected chi connectivity index (χ1v) is 7.86. The molecule has 1 rings (SSSR count). The number of halogens is 1. The molecule has 20 heavy (non-hydrogen) atoms. The van der Waals surface area contributed by atoms with Crippen molar-refractivity contribution >= 4 is 27.5 Å². The van der Waals surface area contributed by atoms with Crippen LogP contribution in [0.5, 0.6) is 0 Å². The van der Waals surface area contributed by atoms with E-state index in [0.29, 0.717) is 6.54 Å². The molecule has 0 saturated carbocycles. The highest BCUT2D eigenvalue weighted by Gasteiger charge is 2.03. The monoisotopic (exact) mass is 342 g/mol. The number of benzene rings is 1. The summed E-state index contributed by atoms with van der Waals surface area (Å²) in [6.07, 6.45) is 3.20. The molecular weight excluding hydrogens is 320 g/mol. The fourth-order valence-electron chi connectivity index (χ4n) is 1.61. The van der Waals surface area contributed by atoms with Gasteiger partial charge >= 0.3 is 0 Å². The maximum atomic E-state index is 11.7. The standard InChI is InChI=1S/C15H23BrN2O2/c1-2-3-10-20-11-6-9-17-12-15(19)18-14-8-5-4-7-13(14)16/h4-5,7-8,17H,2-3,6,9-12H2,1H3,(H,18,19). The van der Waals surface area contributed by atoms with Gasteiger partial charge in [-0.1, -0.05) is 25.5 Å². The first kappa shape index (κ1) is 17.1. The average Bonchev–Trinajstić information content (AvgIpc) is 2.44. The maximum Gasteiger partial charge on any atom is 0.238 e. The van der Waals surface area contributed by atoms with Crippen LogP contribution in [0.3, 0.4) is 0 Å². The fraction of sp³-hybridized carbons (Fsp3) is 0.533. The number of hydrogen-bond acceptors (Lipinski definition) is 3. The lowest BCUT2D eigenvalue weighted by Crippen LogP contribution is -2.29. The zero-order chi connectivity index (χ0) is 14.6. The number of para-hydroxylation sites is 1. The van der Waals surface area contributed by atoms with Crippen molar-refractivity contribution in [3.63, 3.8) is 0 Å². The van der Waals surface area contributed by atoms with Crippen LogP contribution in [-0.2, 0) is 9.53 Å². The molecule has 0 atom stereocenters. The van der Waals surface area contributed by atoms with Gasteiger partial charge in [0.05, 0.1) is 12.2 Å². The van der Waals surface area contributed by atoms with Gasteiger partial charge in [0, 0.05) is 17.7 Å². The van der Waals surface area contributed by atoms with Crippen LogP contribution in [0.2, 0.25) is 0 Å². The number of ether oxygens (including phenoxy) is 1. The minimum Gasteiger partial charge on any atom is -0.381 e. The number of hydrogen-bond donors (Lipinski definition) is 2. The van der Waals surface area contributed by atoms with E-state index in [1.165, 1.54) is 0 Å². The summed E-state index contributed by atoms with van der Waals surface area (Å²) in [4.78, 5) is 11.7. The number of carbonyl (C=O) groups is 1. The summed E-state index contributed by atoms with van der Waals surface area (Å²) in [7, 11) is 0. The van der Waals surface area contributed by atoms with Crippen molar-refractivity contribution < 1.29 is 9.53 Å². The van der Waals surface area contributed by atoms with E-state index in [1.807, 2.05) is 24.3 Å². The SMILES string of the molecule is CCCCOCCCNCC(=O)Nc1ccccc1Br. The van der Waals surface area contributed by atoms with Gasteiger partial charge in [0.15, 0.2) is 0 Å². The minimum atomic E-state index is -0.0381. The Balaban J connectivity index is 2.05. The van der Waals surface area contributed by atoms with E-state index >= 15 is 0 Å². The van der Waals surface area contributed by atoms with Crippen molar-refractivity contribution in [1.82, 2.24) is 5.32 Å².